The van der Waals surface area contributed by atoms with Crippen molar-refractivity contribution in [2.45, 2.75) is 31.5 Å². The smallest absolute Gasteiger partial charge is 0.260 e. The second-order valence-electron chi connectivity index (χ2n) is 3.84. The molecule has 0 aliphatic heterocycles. The fourth-order valence-electron chi connectivity index (χ4n) is 1.47. The number of nitrogens with zero attached hydrogens (tertiary/aromatic N) is 2. The van der Waals surface area contributed by atoms with Gasteiger partial charge in [0.1, 0.15) is 0 Å². The van der Waals surface area contributed by atoms with E-state index in [1.54, 1.807) is 13.8 Å². The van der Waals surface area contributed by atoms with Crippen molar-refractivity contribution >= 4 is 10.0 Å². The molecule has 17 heavy (non-hydrogen) atoms. The number of H-pyrrole nitrogens is 1. The predicted molar refractivity (Wildman–Crippen MR) is 63.7 cm³/mol. The lowest BCUT2D eigenvalue weighted by Crippen LogP contribution is -2.37. The average molecular weight is 259 g/mol. The summed E-state index contributed by atoms with van der Waals surface area (Å²) in [5.74, 6) is 0. The van der Waals surface area contributed by atoms with Gasteiger partial charge >= 0.3 is 0 Å². The summed E-state index contributed by atoms with van der Waals surface area (Å²) >= 11 is 0. The summed E-state index contributed by atoms with van der Waals surface area (Å²) in [5.41, 5.74) is 0.264. The molecule has 1 aromatic rings. The lowest BCUT2D eigenvalue weighted by molar-refractivity contribution is 0.277. The number of aromatic nitrogens is 2. The molecule has 0 saturated heterocycles. The van der Waals surface area contributed by atoms with Gasteiger partial charge in [0.2, 0.25) is 0 Å². The third kappa shape index (κ3) is 2.74. The fourth-order valence-corrected chi connectivity index (χ4v) is 3.17. The first kappa shape index (κ1) is 13.9. The van der Waals surface area contributed by atoms with Gasteiger partial charge in [-0.2, -0.15) is 9.40 Å². The summed E-state index contributed by atoms with van der Waals surface area (Å²) in [5, 5.41) is 15.1. The van der Waals surface area contributed by atoms with Crippen molar-refractivity contribution < 1.29 is 13.5 Å². The molecule has 0 radical (unpaired) electrons. The number of hydrogen-bond acceptors (Lipinski definition) is 4. The van der Waals surface area contributed by atoms with E-state index in [9.17, 15) is 8.42 Å². The van der Waals surface area contributed by atoms with E-state index in [0.717, 1.165) is 0 Å². The van der Waals surface area contributed by atoms with E-state index in [2.05, 4.69) is 16.8 Å². The summed E-state index contributed by atoms with van der Waals surface area (Å²) in [4.78, 5) is 0. The highest BCUT2D eigenvalue weighted by Crippen LogP contribution is 2.19. The van der Waals surface area contributed by atoms with Gasteiger partial charge in [-0.05, 0) is 13.8 Å². The van der Waals surface area contributed by atoms with Crippen LogP contribution in [0.3, 0.4) is 0 Å². The first-order chi connectivity index (χ1) is 7.95. The van der Waals surface area contributed by atoms with Crippen LogP contribution in [0.25, 0.3) is 0 Å². The molecular weight excluding hydrogens is 242 g/mol. The zero-order valence-electron chi connectivity index (χ0n) is 9.92. The largest absolute Gasteiger partial charge is 0.392 e. The Balaban J connectivity index is 3.21. The number of rotatable bonds is 6. The highest BCUT2D eigenvalue weighted by Gasteiger charge is 2.29. The minimum absolute atomic E-state index is 0.0597. The van der Waals surface area contributed by atoms with Crippen molar-refractivity contribution in [3.63, 3.8) is 0 Å². The van der Waals surface area contributed by atoms with Crippen molar-refractivity contribution in [3.8, 4) is 0 Å². The molecule has 0 fully saturated rings. The highest BCUT2D eigenvalue weighted by molar-refractivity contribution is 7.89. The number of aliphatic hydroxyl groups is 1. The maximum atomic E-state index is 12.3. The first-order valence-corrected chi connectivity index (χ1v) is 6.65. The molecule has 96 valence electrons. The number of aliphatic hydroxyl groups excluding tert-OH is 1. The van der Waals surface area contributed by atoms with E-state index in [4.69, 9.17) is 5.11 Å². The van der Waals surface area contributed by atoms with Gasteiger partial charge in [0, 0.05) is 18.2 Å². The Labute approximate surface area is 101 Å². The van der Waals surface area contributed by atoms with Crippen LogP contribution >= 0.6 is 0 Å². The summed E-state index contributed by atoms with van der Waals surface area (Å²) in [6, 6.07) is -0.201. The van der Waals surface area contributed by atoms with Crippen LogP contribution in [0.2, 0.25) is 0 Å². The third-order valence-electron chi connectivity index (χ3n) is 2.30. The Morgan fingerprint density at radius 2 is 2.29 bits per heavy atom. The number of hydrogen-bond donors (Lipinski definition) is 2. The van der Waals surface area contributed by atoms with Gasteiger partial charge in [0.15, 0.2) is 5.03 Å². The Bertz CT molecular complexity index is 479. The fraction of sp³-hybridized carbons (Fsp3) is 0.500. The summed E-state index contributed by atoms with van der Waals surface area (Å²) < 4.78 is 25.9. The number of aromatic amines is 1. The molecule has 1 rings (SSSR count). The molecule has 0 atom stereocenters. The average Bonchev–Trinajstić information content (AvgIpc) is 2.73. The van der Waals surface area contributed by atoms with Crippen molar-refractivity contribution in [1.29, 1.82) is 0 Å². The number of nitrogens with one attached hydrogen (secondary N) is 1. The molecule has 0 aromatic carbocycles. The summed E-state index contributed by atoms with van der Waals surface area (Å²) in [6.07, 6.45) is 2.83. The molecule has 0 aliphatic rings. The molecular formula is C10H17N3O3S. The Morgan fingerprint density at radius 1 is 1.65 bits per heavy atom. The zero-order chi connectivity index (χ0) is 13.1. The van der Waals surface area contributed by atoms with Gasteiger partial charge in [0.25, 0.3) is 10.0 Å². The molecule has 7 heteroatoms. The third-order valence-corrected chi connectivity index (χ3v) is 4.36. The Hall–Kier alpha value is -1.18. The maximum Gasteiger partial charge on any atom is 0.260 e. The highest BCUT2D eigenvalue weighted by atomic mass is 32.2. The molecule has 0 unspecified atom stereocenters. The van der Waals surface area contributed by atoms with E-state index < -0.39 is 10.0 Å². The van der Waals surface area contributed by atoms with Crippen molar-refractivity contribution in [2.24, 2.45) is 0 Å². The van der Waals surface area contributed by atoms with E-state index in [-0.39, 0.29) is 29.8 Å². The van der Waals surface area contributed by atoms with Gasteiger partial charge in [-0.15, -0.1) is 6.58 Å². The monoisotopic (exact) mass is 259 g/mol. The lowest BCUT2D eigenvalue weighted by atomic mass is 10.4. The van der Waals surface area contributed by atoms with Crippen LogP contribution in [0.1, 0.15) is 19.4 Å². The molecule has 0 spiro atoms. The minimum atomic E-state index is -3.68. The molecule has 0 saturated carbocycles. The summed E-state index contributed by atoms with van der Waals surface area (Å²) in [7, 11) is -3.68. The molecule has 1 heterocycles. The maximum absolute atomic E-state index is 12.3. The van der Waals surface area contributed by atoms with Crippen LogP contribution in [-0.2, 0) is 16.6 Å². The van der Waals surface area contributed by atoms with Crippen molar-refractivity contribution in [1.82, 2.24) is 14.5 Å². The van der Waals surface area contributed by atoms with Crippen LogP contribution < -0.4 is 0 Å². The van der Waals surface area contributed by atoms with Gasteiger partial charge < -0.3 is 5.11 Å². The van der Waals surface area contributed by atoms with Gasteiger partial charge in [0.05, 0.1) is 12.8 Å². The van der Waals surface area contributed by atoms with Crippen LogP contribution in [0.5, 0.6) is 0 Å². The van der Waals surface area contributed by atoms with Gasteiger partial charge in [-0.3, -0.25) is 5.10 Å². The van der Waals surface area contributed by atoms with Crippen molar-refractivity contribution in [2.75, 3.05) is 6.54 Å². The van der Waals surface area contributed by atoms with Gasteiger partial charge in [-0.25, -0.2) is 8.42 Å². The van der Waals surface area contributed by atoms with Crippen LogP contribution in [0.15, 0.2) is 23.9 Å². The van der Waals surface area contributed by atoms with E-state index in [1.807, 2.05) is 0 Å². The standard InChI is InChI=1S/C10H17N3O3S/c1-4-5-13(8(2)3)17(15,16)10-9(7-14)6-11-12-10/h4,6,8,14H,1,5,7H2,2-3H3,(H,11,12). The van der Waals surface area contributed by atoms with Crippen LogP contribution in [-0.4, -0.2) is 40.6 Å². The van der Waals surface area contributed by atoms with Gasteiger partial charge in [-0.1, -0.05) is 6.08 Å². The second-order valence-corrected chi connectivity index (χ2v) is 5.67. The zero-order valence-corrected chi connectivity index (χ0v) is 10.7. The predicted octanol–water partition coefficient (Wildman–Crippen LogP) is 0.487. The normalized spacial score (nSPS) is 12.3. The molecule has 0 bridgehead atoms. The van der Waals surface area contributed by atoms with E-state index in [1.165, 1.54) is 16.6 Å². The molecule has 6 nitrogen and oxygen atoms in total. The van der Waals surface area contributed by atoms with E-state index in [0.29, 0.717) is 0 Å². The summed E-state index contributed by atoms with van der Waals surface area (Å²) in [6.45, 7) is 6.93. The van der Waals surface area contributed by atoms with Crippen molar-refractivity contribution in [3.05, 3.63) is 24.4 Å². The van der Waals surface area contributed by atoms with Crippen LogP contribution in [0, 0.1) is 0 Å². The second kappa shape index (κ2) is 5.44. The minimum Gasteiger partial charge on any atom is -0.392 e. The first-order valence-electron chi connectivity index (χ1n) is 5.21. The Morgan fingerprint density at radius 3 is 2.76 bits per heavy atom. The lowest BCUT2D eigenvalue weighted by Gasteiger charge is -2.24. The molecule has 1 aromatic heterocycles. The SMILES string of the molecule is C=CCN(C(C)C)S(=O)(=O)c1[nH]ncc1CO. The Kier molecular flexibility index (Phi) is 4.44. The van der Waals surface area contributed by atoms with Crippen LogP contribution in [0.4, 0.5) is 0 Å². The quantitative estimate of drug-likeness (QED) is 0.728. The topological polar surface area (TPSA) is 86.3 Å². The molecule has 2 N–H and O–H groups in total. The van der Waals surface area contributed by atoms with E-state index >= 15 is 0 Å². The molecule has 0 amide bonds. The number of sulfonamides is 1. The molecule has 0 aliphatic carbocycles.